The van der Waals surface area contributed by atoms with Crippen LogP contribution in [0.15, 0.2) is 28.7 Å². The molecule has 0 bridgehead atoms. The summed E-state index contributed by atoms with van der Waals surface area (Å²) in [6.45, 7) is 1.59. The SMILES string of the molecule is N=CN1CCC(COC(=O)C(O)(c2ccc(Br)cc2)C2CCC(F)(F)C2)CC1. The molecule has 0 spiro atoms. The van der Waals surface area contributed by atoms with E-state index in [-0.39, 0.29) is 30.9 Å². The highest BCUT2D eigenvalue weighted by Gasteiger charge is 2.54. The standard InChI is InChI=1S/C20H25BrF2N2O3/c21-17-3-1-15(2-4-17)20(27,16-5-8-19(22,23)11-16)18(26)28-12-14-6-9-25(13-24)10-7-14/h1-4,13-14,16,24,27H,5-12H2. The van der Waals surface area contributed by atoms with Gasteiger partial charge in [0, 0.05) is 36.3 Å². The van der Waals surface area contributed by atoms with E-state index in [4.69, 9.17) is 10.1 Å². The van der Waals surface area contributed by atoms with Gasteiger partial charge in [-0.25, -0.2) is 13.6 Å². The molecule has 2 fully saturated rings. The summed E-state index contributed by atoms with van der Waals surface area (Å²) >= 11 is 3.31. The fourth-order valence-electron chi connectivity index (χ4n) is 4.08. The highest BCUT2D eigenvalue weighted by Crippen LogP contribution is 2.48. The van der Waals surface area contributed by atoms with Crippen molar-refractivity contribution >= 4 is 28.2 Å². The molecule has 8 heteroatoms. The summed E-state index contributed by atoms with van der Waals surface area (Å²) in [4.78, 5) is 14.8. The Morgan fingerprint density at radius 2 is 1.96 bits per heavy atom. The first-order valence-electron chi connectivity index (χ1n) is 9.53. The first kappa shape index (κ1) is 21.2. The number of carbonyl (C=O) groups excluding carboxylic acids is 1. The summed E-state index contributed by atoms with van der Waals surface area (Å²) in [5.74, 6) is -4.49. The number of carbonyl (C=O) groups is 1. The van der Waals surface area contributed by atoms with Crippen LogP contribution in [0.1, 0.15) is 37.7 Å². The minimum atomic E-state index is -2.88. The molecule has 154 valence electrons. The molecule has 1 saturated heterocycles. The molecular formula is C20H25BrF2N2O3. The van der Waals surface area contributed by atoms with E-state index in [9.17, 15) is 18.7 Å². The van der Waals surface area contributed by atoms with Gasteiger partial charge >= 0.3 is 5.97 Å². The zero-order valence-corrected chi connectivity index (χ0v) is 17.1. The van der Waals surface area contributed by atoms with Crippen molar-refractivity contribution in [2.75, 3.05) is 19.7 Å². The third-order valence-electron chi connectivity index (χ3n) is 5.87. The molecule has 2 atom stereocenters. The van der Waals surface area contributed by atoms with Crippen LogP contribution in [0.3, 0.4) is 0 Å². The normalized spacial score (nSPS) is 24.6. The monoisotopic (exact) mass is 458 g/mol. The average Bonchev–Trinajstić information content (AvgIpc) is 3.06. The van der Waals surface area contributed by atoms with Crippen LogP contribution in [-0.4, -0.2) is 47.9 Å². The van der Waals surface area contributed by atoms with Gasteiger partial charge in [0.2, 0.25) is 5.92 Å². The first-order valence-corrected chi connectivity index (χ1v) is 10.3. The van der Waals surface area contributed by atoms with Crippen LogP contribution in [0.2, 0.25) is 0 Å². The van der Waals surface area contributed by atoms with Crippen LogP contribution < -0.4 is 0 Å². The summed E-state index contributed by atoms with van der Waals surface area (Å²) in [6.07, 6.45) is 2.04. The Bertz CT molecular complexity index is 708. The van der Waals surface area contributed by atoms with E-state index in [1.54, 1.807) is 24.3 Å². The summed E-state index contributed by atoms with van der Waals surface area (Å²) in [5, 5.41) is 18.6. The van der Waals surface area contributed by atoms with Gasteiger partial charge in [-0.05, 0) is 42.9 Å². The Morgan fingerprint density at radius 1 is 1.32 bits per heavy atom. The predicted octanol–water partition coefficient (Wildman–Crippen LogP) is 3.93. The summed E-state index contributed by atoms with van der Waals surface area (Å²) < 4.78 is 33.9. The molecular weight excluding hydrogens is 434 g/mol. The van der Waals surface area contributed by atoms with E-state index in [1.165, 1.54) is 6.34 Å². The maximum Gasteiger partial charge on any atom is 0.343 e. The Balaban J connectivity index is 1.74. The number of alkyl halides is 2. The molecule has 0 radical (unpaired) electrons. The highest BCUT2D eigenvalue weighted by atomic mass is 79.9. The number of rotatable bonds is 6. The van der Waals surface area contributed by atoms with Crippen molar-refractivity contribution in [2.24, 2.45) is 11.8 Å². The Labute approximate surface area is 171 Å². The Kier molecular flexibility index (Phi) is 6.39. The van der Waals surface area contributed by atoms with Crippen molar-refractivity contribution in [3.05, 3.63) is 34.3 Å². The van der Waals surface area contributed by atoms with Crippen molar-refractivity contribution in [3.63, 3.8) is 0 Å². The van der Waals surface area contributed by atoms with Gasteiger partial charge in [-0.15, -0.1) is 0 Å². The van der Waals surface area contributed by atoms with Crippen molar-refractivity contribution < 1.29 is 23.4 Å². The summed E-state index contributed by atoms with van der Waals surface area (Å²) in [5.41, 5.74) is -1.81. The number of piperidine rings is 1. The smallest absolute Gasteiger partial charge is 0.343 e. The third-order valence-corrected chi connectivity index (χ3v) is 6.40. The van der Waals surface area contributed by atoms with E-state index in [0.717, 1.165) is 30.4 Å². The maximum absolute atomic E-state index is 13.8. The van der Waals surface area contributed by atoms with E-state index >= 15 is 0 Å². The zero-order chi connectivity index (χ0) is 20.4. The Morgan fingerprint density at radius 3 is 2.50 bits per heavy atom. The number of nitrogens with one attached hydrogen (secondary N) is 1. The number of benzene rings is 1. The van der Waals surface area contributed by atoms with Crippen LogP contribution in [0.25, 0.3) is 0 Å². The molecule has 3 rings (SSSR count). The minimum absolute atomic E-state index is 0.0619. The zero-order valence-electron chi connectivity index (χ0n) is 15.5. The second-order valence-corrected chi connectivity index (χ2v) is 8.69. The van der Waals surface area contributed by atoms with Crippen LogP contribution in [0, 0.1) is 17.2 Å². The van der Waals surface area contributed by atoms with Gasteiger partial charge in [-0.2, -0.15) is 0 Å². The number of hydrogen-bond donors (Lipinski definition) is 2. The van der Waals surface area contributed by atoms with Gasteiger partial charge in [-0.1, -0.05) is 28.1 Å². The average molecular weight is 459 g/mol. The second kappa shape index (κ2) is 8.45. The lowest BCUT2D eigenvalue weighted by Gasteiger charge is -2.34. The van der Waals surface area contributed by atoms with Crippen LogP contribution in [-0.2, 0) is 15.1 Å². The van der Waals surface area contributed by atoms with Gasteiger partial charge in [-0.3, -0.25) is 5.41 Å². The van der Waals surface area contributed by atoms with Crippen LogP contribution in [0.4, 0.5) is 8.78 Å². The van der Waals surface area contributed by atoms with Crippen molar-refractivity contribution in [1.29, 1.82) is 5.41 Å². The van der Waals surface area contributed by atoms with Gasteiger partial charge in [0.15, 0.2) is 5.60 Å². The number of ether oxygens (including phenoxy) is 1. The maximum atomic E-state index is 13.8. The molecule has 2 N–H and O–H groups in total. The number of nitrogens with zero attached hydrogens (tertiary/aromatic N) is 1. The highest BCUT2D eigenvalue weighted by molar-refractivity contribution is 9.10. The fraction of sp³-hybridized carbons (Fsp3) is 0.600. The molecule has 1 saturated carbocycles. The fourth-order valence-corrected chi connectivity index (χ4v) is 4.35. The van der Waals surface area contributed by atoms with Gasteiger partial charge in [0.1, 0.15) is 0 Å². The van der Waals surface area contributed by atoms with Crippen molar-refractivity contribution in [2.45, 2.75) is 43.6 Å². The molecule has 0 amide bonds. The van der Waals surface area contributed by atoms with E-state index in [1.807, 2.05) is 4.90 Å². The number of likely N-dealkylation sites (tertiary alicyclic amines) is 1. The molecule has 0 aromatic heterocycles. The largest absolute Gasteiger partial charge is 0.463 e. The van der Waals surface area contributed by atoms with Crippen LogP contribution in [0.5, 0.6) is 0 Å². The van der Waals surface area contributed by atoms with Gasteiger partial charge < -0.3 is 14.7 Å². The molecule has 1 aromatic rings. The van der Waals surface area contributed by atoms with E-state index in [0.29, 0.717) is 0 Å². The topological polar surface area (TPSA) is 73.6 Å². The predicted molar refractivity (Wildman–Crippen MR) is 104 cm³/mol. The number of aliphatic hydroxyl groups is 1. The molecule has 1 heterocycles. The lowest BCUT2D eigenvalue weighted by atomic mass is 9.80. The second-order valence-electron chi connectivity index (χ2n) is 7.78. The molecule has 1 aliphatic heterocycles. The first-order chi connectivity index (χ1) is 13.2. The molecule has 1 aromatic carbocycles. The van der Waals surface area contributed by atoms with Gasteiger partial charge in [0.05, 0.1) is 12.9 Å². The van der Waals surface area contributed by atoms with Crippen LogP contribution >= 0.6 is 15.9 Å². The number of esters is 1. The third kappa shape index (κ3) is 4.54. The molecule has 2 unspecified atom stereocenters. The lowest BCUT2D eigenvalue weighted by molar-refractivity contribution is -0.176. The van der Waals surface area contributed by atoms with E-state index < -0.39 is 29.8 Å². The van der Waals surface area contributed by atoms with Gasteiger partial charge in [0.25, 0.3) is 0 Å². The summed E-state index contributed by atoms with van der Waals surface area (Å²) in [7, 11) is 0. The van der Waals surface area contributed by atoms with E-state index in [2.05, 4.69) is 15.9 Å². The molecule has 1 aliphatic carbocycles. The van der Waals surface area contributed by atoms with Crippen molar-refractivity contribution in [1.82, 2.24) is 4.90 Å². The number of halogens is 3. The van der Waals surface area contributed by atoms with Crippen molar-refractivity contribution in [3.8, 4) is 0 Å². The molecule has 28 heavy (non-hydrogen) atoms. The summed E-state index contributed by atoms with van der Waals surface area (Å²) in [6, 6.07) is 6.50. The number of hydrogen-bond acceptors (Lipinski definition) is 4. The molecule has 5 nitrogen and oxygen atoms in total. The lowest BCUT2D eigenvalue weighted by Crippen LogP contribution is -2.45. The Hall–Kier alpha value is -1.54. The quantitative estimate of drug-likeness (QED) is 0.384. The minimum Gasteiger partial charge on any atom is -0.463 e. The molecule has 2 aliphatic rings.